The van der Waals surface area contributed by atoms with Crippen LogP contribution in [0.15, 0.2) is 0 Å². The Bertz CT molecular complexity index is 416. The molecule has 0 radical (unpaired) electrons. The Morgan fingerprint density at radius 3 is 2.08 bits per heavy atom. The van der Waals surface area contributed by atoms with Gasteiger partial charge in [-0.2, -0.15) is 0 Å². The number of likely N-dealkylation sites (tertiary alicyclic amines) is 2. The van der Waals surface area contributed by atoms with Crippen LogP contribution in [0.3, 0.4) is 0 Å². The van der Waals surface area contributed by atoms with Crippen molar-refractivity contribution in [2.75, 3.05) is 32.7 Å². The van der Waals surface area contributed by atoms with Crippen LogP contribution in [0.5, 0.6) is 0 Å². The Kier molecular flexibility index (Phi) is 7.11. The van der Waals surface area contributed by atoms with Crippen molar-refractivity contribution in [3.8, 4) is 0 Å². The number of nitrogens with zero attached hydrogens (tertiary/aromatic N) is 2. The zero-order valence-corrected chi connectivity index (χ0v) is 18.5. The van der Waals surface area contributed by atoms with Crippen LogP contribution in [-0.2, 0) is 0 Å². The lowest BCUT2D eigenvalue weighted by Gasteiger charge is -2.54. The fourth-order valence-corrected chi connectivity index (χ4v) is 6.23. The van der Waals surface area contributed by atoms with Gasteiger partial charge in [-0.3, -0.25) is 0 Å². The van der Waals surface area contributed by atoms with Crippen LogP contribution in [0, 0.1) is 29.1 Å². The Labute approximate surface area is 164 Å². The summed E-state index contributed by atoms with van der Waals surface area (Å²) in [5, 5.41) is 0. The molecule has 26 heavy (non-hydrogen) atoms. The predicted molar refractivity (Wildman–Crippen MR) is 114 cm³/mol. The average Bonchev–Trinajstić information content (AvgIpc) is 2.64. The van der Waals surface area contributed by atoms with Gasteiger partial charge in [0.15, 0.2) is 0 Å². The minimum atomic E-state index is 0.730. The smallest absolute Gasteiger partial charge is 0.00504 e. The van der Waals surface area contributed by atoms with E-state index in [0.29, 0.717) is 0 Å². The molecule has 0 aromatic rings. The lowest BCUT2D eigenvalue weighted by Crippen LogP contribution is -2.57. The maximum absolute atomic E-state index is 2.72. The Morgan fingerprint density at radius 1 is 0.885 bits per heavy atom. The molecular weight excluding hydrogens is 316 g/mol. The van der Waals surface area contributed by atoms with Crippen LogP contribution in [0.25, 0.3) is 0 Å². The Morgan fingerprint density at radius 2 is 1.50 bits per heavy atom. The van der Waals surface area contributed by atoms with E-state index in [2.05, 4.69) is 44.4 Å². The maximum Gasteiger partial charge on any atom is 0.00504 e. The highest BCUT2D eigenvalue weighted by atomic mass is 15.2. The van der Waals surface area contributed by atoms with E-state index < -0.39 is 0 Å². The summed E-state index contributed by atoms with van der Waals surface area (Å²) in [4.78, 5) is 5.35. The van der Waals surface area contributed by atoms with Crippen LogP contribution >= 0.6 is 0 Å². The van der Waals surface area contributed by atoms with Crippen LogP contribution < -0.4 is 0 Å². The molecule has 1 saturated carbocycles. The van der Waals surface area contributed by atoms with Gasteiger partial charge in [0.1, 0.15) is 0 Å². The van der Waals surface area contributed by atoms with Gasteiger partial charge >= 0.3 is 0 Å². The second-order valence-electron chi connectivity index (χ2n) is 10.7. The van der Waals surface area contributed by atoms with E-state index in [1.54, 1.807) is 0 Å². The van der Waals surface area contributed by atoms with E-state index >= 15 is 0 Å². The quantitative estimate of drug-likeness (QED) is 0.575. The van der Waals surface area contributed by atoms with Gasteiger partial charge in [0.05, 0.1) is 0 Å². The lowest BCUT2D eigenvalue weighted by atomic mass is 9.63. The summed E-state index contributed by atoms with van der Waals surface area (Å²) >= 11 is 0. The first-order chi connectivity index (χ1) is 12.4. The van der Waals surface area contributed by atoms with Gasteiger partial charge in [-0.25, -0.2) is 0 Å². The molecular formula is C24H46N2. The highest BCUT2D eigenvalue weighted by Crippen LogP contribution is 2.47. The molecule has 152 valence electrons. The fraction of sp³-hybridized carbons (Fsp3) is 1.00. The van der Waals surface area contributed by atoms with Crippen LogP contribution in [0.2, 0.25) is 0 Å². The molecule has 0 aromatic heterocycles. The van der Waals surface area contributed by atoms with E-state index in [1.807, 2.05) is 0 Å². The zero-order chi connectivity index (χ0) is 18.7. The van der Waals surface area contributed by atoms with Crippen molar-refractivity contribution >= 4 is 0 Å². The van der Waals surface area contributed by atoms with E-state index in [0.717, 1.165) is 35.1 Å². The molecule has 1 aliphatic carbocycles. The highest BCUT2D eigenvalue weighted by Gasteiger charge is 2.44. The second-order valence-corrected chi connectivity index (χ2v) is 10.7. The summed E-state index contributed by atoms with van der Waals surface area (Å²) < 4.78 is 0. The van der Waals surface area contributed by atoms with E-state index in [4.69, 9.17) is 0 Å². The number of rotatable bonds is 7. The SMILES string of the molecule is CCN1CC2(CCC(C(C)CCC(C)C3CCCN(C(C)C)C3)CC2)C1. The summed E-state index contributed by atoms with van der Waals surface area (Å²) in [6.45, 7) is 18.9. The van der Waals surface area contributed by atoms with Crippen molar-refractivity contribution in [3.05, 3.63) is 0 Å². The van der Waals surface area contributed by atoms with Gasteiger partial charge < -0.3 is 9.80 Å². The van der Waals surface area contributed by atoms with Crippen molar-refractivity contribution in [2.24, 2.45) is 29.1 Å². The molecule has 2 nitrogen and oxygen atoms in total. The zero-order valence-electron chi connectivity index (χ0n) is 18.5. The average molecular weight is 363 g/mol. The third-order valence-electron chi connectivity index (χ3n) is 8.56. The molecule has 3 unspecified atom stereocenters. The second kappa shape index (κ2) is 8.95. The number of piperidine rings is 1. The summed E-state index contributed by atoms with van der Waals surface area (Å²) in [6, 6.07) is 0.730. The minimum absolute atomic E-state index is 0.730. The number of hydrogen-bond donors (Lipinski definition) is 0. The maximum atomic E-state index is 2.72. The standard InChI is InChI=1S/C24H46N2/c1-6-25-17-24(18-25)13-11-22(12-14-24)20(4)9-10-21(5)23-8-7-15-26(16-23)19(2)3/h19-23H,6-18H2,1-5H3. The van der Waals surface area contributed by atoms with Crippen molar-refractivity contribution in [2.45, 2.75) is 92.0 Å². The van der Waals surface area contributed by atoms with Gasteiger partial charge in [-0.05, 0) is 94.5 Å². The monoisotopic (exact) mass is 362 g/mol. The first-order valence-electron chi connectivity index (χ1n) is 11.9. The van der Waals surface area contributed by atoms with Gasteiger partial charge in [0.2, 0.25) is 0 Å². The largest absolute Gasteiger partial charge is 0.302 e. The third kappa shape index (κ3) is 4.85. The Balaban J connectivity index is 1.37. The molecule has 3 rings (SSSR count). The minimum Gasteiger partial charge on any atom is -0.302 e. The molecule has 1 spiro atoms. The topological polar surface area (TPSA) is 6.48 Å². The molecule has 3 fully saturated rings. The predicted octanol–water partition coefficient (Wildman–Crippen LogP) is 5.67. The van der Waals surface area contributed by atoms with Crippen LogP contribution in [0.1, 0.15) is 86.0 Å². The summed E-state index contributed by atoms with van der Waals surface area (Å²) in [5.41, 5.74) is 0.738. The number of hydrogen-bond acceptors (Lipinski definition) is 2. The highest BCUT2D eigenvalue weighted by molar-refractivity contribution is 4.97. The van der Waals surface area contributed by atoms with Crippen LogP contribution in [-0.4, -0.2) is 48.6 Å². The van der Waals surface area contributed by atoms with Crippen molar-refractivity contribution < 1.29 is 0 Å². The van der Waals surface area contributed by atoms with Gasteiger partial charge in [0.25, 0.3) is 0 Å². The molecule has 2 aliphatic heterocycles. The molecule has 2 heteroatoms. The van der Waals surface area contributed by atoms with E-state index in [9.17, 15) is 0 Å². The molecule has 0 aromatic carbocycles. The van der Waals surface area contributed by atoms with Gasteiger partial charge in [-0.1, -0.05) is 33.6 Å². The van der Waals surface area contributed by atoms with Gasteiger partial charge in [0, 0.05) is 25.7 Å². The summed E-state index contributed by atoms with van der Waals surface area (Å²) in [7, 11) is 0. The fourth-order valence-electron chi connectivity index (χ4n) is 6.23. The van der Waals surface area contributed by atoms with Crippen molar-refractivity contribution in [3.63, 3.8) is 0 Å². The molecule has 2 saturated heterocycles. The van der Waals surface area contributed by atoms with Crippen molar-refractivity contribution in [1.82, 2.24) is 9.80 Å². The Hall–Kier alpha value is -0.0800. The van der Waals surface area contributed by atoms with Crippen molar-refractivity contribution in [1.29, 1.82) is 0 Å². The first kappa shape index (κ1) is 20.6. The third-order valence-corrected chi connectivity index (χ3v) is 8.56. The lowest BCUT2D eigenvalue weighted by molar-refractivity contribution is -0.0404. The van der Waals surface area contributed by atoms with E-state index in [-0.39, 0.29) is 0 Å². The first-order valence-corrected chi connectivity index (χ1v) is 11.9. The summed E-state index contributed by atoms with van der Waals surface area (Å²) in [5.74, 6) is 3.82. The molecule has 2 heterocycles. The molecule has 0 bridgehead atoms. The molecule has 0 N–H and O–H groups in total. The van der Waals surface area contributed by atoms with E-state index in [1.165, 1.54) is 84.1 Å². The van der Waals surface area contributed by atoms with Crippen LogP contribution in [0.4, 0.5) is 0 Å². The molecule has 3 aliphatic rings. The molecule has 3 atom stereocenters. The summed E-state index contributed by atoms with van der Waals surface area (Å²) in [6.07, 6.45) is 11.9. The normalized spacial score (nSPS) is 30.5. The molecule has 0 amide bonds. The van der Waals surface area contributed by atoms with Gasteiger partial charge in [-0.15, -0.1) is 0 Å².